The maximum absolute atomic E-state index is 12.3. The molecule has 424 valence electrons. The molecule has 0 unspecified atom stereocenters. The first kappa shape index (κ1) is 62.5. The number of hydrogen-bond donors (Lipinski definition) is 2. The van der Waals surface area contributed by atoms with E-state index in [1.807, 2.05) is 48.5 Å². The average molecular weight is 1080 g/mol. The Bertz CT molecular complexity index is 2140. The lowest BCUT2D eigenvalue weighted by Gasteiger charge is -2.14. The number of carbonyl (C=O) groups excluding carboxylic acids is 2. The normalized spacial score (nSPS) is 12.3. The number of nitrogens with one attached hydrogen (secondary N) is 1. The summed E-state index contributed by atoms with van der Waals surface area (Å²) in [6.07, 6.45) is -0.466. The van der Waals surface area contributed by atoms with Gasteiger partial charge in [-0.2, -0.15) is 0 Å². The van der Waals surface area contributed by atoms with Crippen molar-refractivity contribution in [3.05, 3.63) is 119 Å². The van der Waals surface area contributed by atoms with E-state index in [-0.39, 0.29) is 37.4 Å². The molecule has 0 heterocycles. The molecule has 0 saturated carbocycles. The Kier molecular flexibility index (Phi) is 32.4. The summed E-state index contributed by atoms with van der Waals surface area (Å²) >= 11 is 0. The van der Waals surface area contributed by atoms with Gasteiger partial charge in [-0.25, -0.2) is 4.79 Å². The smallest absolute Gasteiger partial charge is 0.407 e. The average Bonchev–Trinajstić information content (AvgIpc) is 4.02. The number of carboxylic acids is 1. The maximum Gasteiger partial charge on any atom is 0.407 e. The van der Waals surface area contributed by atoms with Gasteiger partial charge in [0.25, 0.3) is 0 Å². The molecule has 0 saturated heterocycles. The summed E-state index contributed by atoms with van der Waals surface area (Å²) in [6, 6.07) is 33.1. The fourth-order valence-corrected chi connectivity index (χ4v) is 8.20. The van der Waals surface area contributed by atoms with Crippen molar-refractivity contribution in [2.75, 3.05) is 178 Å². The van der Waals surface area contributed by atoms with Crippen LogP contribution in [0.25, 0.3) is 22.3 Å². The van der Waals surface area contributed by atoms with Crippen molar-refractivity contribution in [1.29, 1.82) is 0 Å². The van der Waals surface area contributed by atoms with Crippen molar-refractivity contribution in [2.24, 2.45) is 0 Å². The third kappa shape index (κ3) is 25.3. The predicted molar refractivity (Wildman–Crippen MR) is 286 cm³/mol. The zero-order chi connectivity index (χ0) is 54.2. The molecule has 0 fully saturated rings. The van der Waals surface area contributed by atoms with E-state index in [1.165, 1.54) is 51.4 Å². The van der Waals surface area contributed by atoms with Crippen LogP contribution in [0.3, 0.4) is 0 Å². The molecule has 2 N–H and O–H groups in total. The molecule has 0 spiro atoms. The molecule has 2 aliphatic rings. The number of benzene rings is 4. The maximum atomic E-state index is 12.3. The van der Waals surface area contributed by atoms with Gasteiger partial charge in [-0.05, 0) is 44.5 Å². The monoisotopic (exact) mass is 1080 g/mol. The number of ether oxygens (including phenoxy) is 14. The summed E-state index contributed by atoms with van der Waals surface area (Å²) in [5.74, 6) is -0.905. The first-order valence-corrected chi connectivity index (χ1v) is 26.5. The van der Waals surface area contributed by atoms with Crippen LogP contribution in [0.4, 0.5) is 4.79 Å². The molecular formula is C58H79NO18. The van der Waals surface area contributed by atoms with Crippen LogP contribution in [0, 0.1) is 0 Å². The van der Waals surface area contributed by atoms with Crippen molar-refractivity contribution in [3.8, 4) is 22.3 Å². The number of hydrogen-bond acceptors (Lipinski definition) is 17. The Labute approximate surface area is 452 Å². The Hall–Kier alpha value is -5.39. The van der Waals surface area contributed by atoms with Crippen LogP contribution in [0.1, 0.15) is 47.4 Å². The standard InChI is InChI=1S/C42H65NO16.C16H14O2/c44-41(45)9-11-47-13-15-49-17-19-51-21-23-53-25-27-55-29-31-57-33-34-58-32-30-56-28-26-54-24-22-52-20-18-50-16-14-48-12-10-43-42(46)59-35-40-38-7-3-1-5-36(38)37-6-2-4-8-39(37)40;1-11(17)18-10-16-14-8-4-2-6-12(14)13-7-3-5-9-15(13)16/h1-8,40H,9-35H2,(H,43,46)(H,44,45);2-9,16H,10H2,1H3. The molecule has 19 nitrogen and oxygen atoms in total. The fraction of sp³-hybridized carbons (Fsp3) is 0.534. The molecular weight excluding hydrogens is 999 g/mol. The van der Waals surface area contributed by atoms with Crippen molar-refractivity contribution >= 4 is 18.0 Å². The fourth-order valence-electron chi connectivity index (χ4n) is 8.20. The van der Waals surface area contributed by atoms with E-state index in [2.05, 4.69) is 53.8 Å². The van der Waals surface area contributed by atoms with Crippen LogP contribution in [0.15, 0.2) is 97.1 Å². The van der Waals surface area contributed by atoms with Crippen molar-refractivity contribution in [3.63, 3.8) is 0 Å². The van der Waals surface area contributed by atoms with Crippen LogP contribution < -0.4 is 5.32 Å². The number of fused-ring (bicyclic) bond motifs is 6. The lowest BCUT2D eigenvalue weighted by molar-refractivity contribution is -0.141. The molecule has 6 rings (SSSR count). The number of carbonyl (C=O) groups is 3. The van der Waals surface area contributed by atoms with Gasteiger partial charge in [-0.3, -0.25) is 9.59 Å². The molecule has 0 bridgehead atoms. The molecule has 1 amide bonds. The lowest BCUT2D eigenvalue weighted by atomic mass is 9.98. The van der Waals surface area contributed by atoms with Gasteiger partial charge < -0.3 is 76.7 Å². The quantitative estimate of drug-likeness (QED) is 0.0355. The van der Waals surface area contributed by atoms with Gasteiger partial charge in [0, 0.05) is 25.3 Å². The zero-order valence-electron chi connectivity index (χ0n) is 44.6. The first-order chi connectivity index (χ1) is 37.9. The van der Waals surface area contributed by atoms with Gasteiger partial charge in [-0.15, -0.1) is 0 Å². The van der Waals surface area contributed by atoms with E-state index >= 15 is 0 Å². The van der Waals surface area contributed by atoms with Crippen molar-refractivity contribution < 1.29 is 85.8 Å². The third-order valence-corrected chi connectivity index (χ3v) is 11.8. The van der Waals surface area contributed by atoms with E-state index in [9.17, 15) is 14.4 Å². The second kappa shape index (κ2) is 39.9. The SMILES string of the molecule is CC(=O)OCC1c2ccccc2-c2ccccc21.O=C(O)CCOCCOCCOCCOCCOCCOCCOCCOCCOCCOCCOCCOCCNC(=O)OCC1c2ccccc2-c2ccccc21. The van der Waals surface area contributed by atoms with Crippen LogP contribution >= 0.6 is 0 Å². The minimum Gasteiger partial charge on any atom is -0.481 e. The van der Waals surface area contributed by atoms with E-state index in [0.29, 0.717) is 165 Å². The highest BCUT2D eigenvalue weighted by Crippen LogP contribution is 2.45. The minimum atomic E-state index is -0.878. The second-order valence-electron chi connectivity index (χ2n) is 17.3. The molecule has 19 heteroatoms. The first-order valence-electron chi connectivity index (χ1n) is 26.5. The molecule has 4 aromatic rings. The minimum absolute atomic E-state index is 0.00791. The Morgan fingerprint density at radius 3 is 0.883 bits per heavy atom. The van der Waals surface area contributed by atoms with Gasteiger partial charge in [0.05, 0.1) is 165 Å². The summed E-state index contributed by atoms with van der Waals surface area (Å²) in [5.41, 5.74) is 9.76. The summed E-state index contributed by atoms with van der Waals surface area (Å²) in [5, 5.41) is 11.2. The lowest BCUT2D eigenvalue weighted by Crippen LogP contribution is -2.29. The third-order valence-electron chi connectivity index (χ3n) is 11.8. The Morgan fingerprint density at radius 2 is 0.610 bits per heavy atom. The number of esters is 1. The van der Waals surface area contributed by atoms with E-state index in [0.717, 1.165) is 0 Å². The second-order valence-corrected chi connectivity index (χ2v) is 17.3. The van der Waals surface area contributed by atoms with E-state index in [4.69, 9.17) is 71.4 Å². The number of alkyl carbamates (subject to hydrolysis) is 1. The highest BCUT2D eigenvalue weighted by molar-refractivity contribution is 5.80. The number of amides is 1. The predicted octanol–water partition coefficient (Wildman–Crippen LogP) is 6.56. The summed E-state index contributed by atoms with van der Waals surface area (Å²) in [4.78, 5) is 33.6. The molecule has 2 aliphatic carbocycles. The van der Waals surface area contributed by atoms with Gasteiger partial charge in [0.2, 0.25) is 0 Å². The highest BCUT2D eigenvalue weighted by Gasteiger charge is 2.30. The van der Waals surface area contributed by atoms with E-state index in [1.54, 1.807) is 0 Å². The van der Waals surface area contributed by atoms with Gasteiger partial charge >= 0.3 is 18.0 Å². The number of rotatable bonds is 43. The molecule has 77 heavy (non-hydrogen) atoms. The highest BCUT2D eigenvalue weighted by atomic mass is 16.6. The van der Waals surface area contributed by atoms with E-state index < -0.39 is 12.1 Å². The van der Waals surface area contributed by atoms with Gasteiger partial charge in [0.15, 0.2) is 0 Å². The Morgan fingerprint density at radius 1 is 0.364 bits per heavy atom. The van der Waals surface area contributed by atoms with Crippen molar-refractivity contribution in [2.45, 2.75) is 25.2 Å². The van der Waals surface area contributed by atoms with Crippen LogP contribution in [-0.2, 0) is 75.9 Å². The molecule has 0 aliphatic heterocycles. The van der Waals surface area contributed by atoms with Crippen LogP contribution in [0.2, 0.25) is 0 Å². The van der Waals surface area contributed by atoms with Crippen LogP contribution in [-0.4, -0.2) is 201 Å². The van der Waals surface area contributed by atoms with Crippen molar-refractivity contribution in [1.82, 2.24) is 5.32 Å². The summed E-state index contributed by atoms with van der Waals surface area (Å²) in [7, 11) is 0. The topological polar surface area (TPSA) is 213 Å². The van der Waals surface area contributed by atoms with Gasteiger partial charge in [-0.1, -0.05) is 97.1 Å². The molecule has 0 atom stereocenters. The number of carboxylic acid groups (broad SMARTS) is 1. The molecule has 0 radical (unpaired) electrons. The molecule has 4 aromatic carbocycles. The summed E-state index contributed by atoms with van der Waals surface area (Å²) < 4.78 is 76.0. The Balaban J connectivity index is 0.000000503. The summed E-state index contributed by atoms with van der Waals surface area (Å²) in [6.45, 7) is 13.1. The zero-order valence-corrected chi connectivity index (χ0v) is 44.6. The largest absolute Gasteiger partial charge is 0.481 e. The van der Waals surface area contributed by atoms with Gasteiger partial charge in [0.1, 0.15) is 13.2 Å². The number of aliphatic carboxylic acids is 1. The molecule has 0 aromatic heterocycles. The van der Waals surface area contributed by atoms with Crippen LogP contribution in [0.5, 0.6) is 0 Å².